The second kappa shape index (κ2) is 11.1. The highest BCUT2D eigenvalue weighted by Crippen LogP contribution is 2.31. The number of carbonyl (C=O) groups is 2. The van der Waals surface area contributed by atoms with Gasteiger partial charge in [0.15, 0.2) is 0 Å². The Balaban J connectivity index is 1.23. The largest absolute Gasteiger partial charge is 0.497 e. The molecule has 2 saturated heterocycles. The van der Waals surface area contributed by atoms with E-state index in [2.05, 4.69) is 10.6 Å². The molecule has 3 heterocycles. The highest BCUT2D eigenvalue weighted by Gasteiger charge is 2.40. The highest BCUT2D eigenvalue weighted by atomic mass is 16.5. The molecule has 2 amide bonds. The number of rotatable bonds is 8. The minimum atomic E-state index is -0.771. The number of fused-ring (bicyclic) bond motifs is 3. The summed E-state index contributed by atoms with van der Waals surface area (Å²) in [6.07, 6.45) is 1.79. The maximum atomic E-state index is 13.3. The van der Waals surface area contributed by atoms with Gasteiger partial charge in [0.2, 0.25) is 0 Å². The van der Waals surface area contributed by atoms with E-state index >= 15 is 0 Å². The summed E-state index contributed by atoms with van der Waals surface area (Å²) in [5, 5.41) is 17.0. The van der Waals surface area contributed by atoms with E-state index in [1.165, 1.54) is 0 Å². The lowest BCUT2D eigenvalue weighted by Gasteiger charge is -2.34. The molecule has 3 aliphatic rings. The number of methoxy groups -OCH3 is 1. The first-order valence-electron chi connectivity index (χ1n) is 13.0. The van der Waals surface area contributed by atoms with Gasteiger partial charge in [0, 0.05) is 24.7 Å². The van der Waals surface area contributed by atoms with Crippen molar-refractivity contribution in [1.82, 2.24) is 15.5 Å². The number of hydrogen-bond acceptors (Lipinski definition) is 7. The zero-order valence-corrected chi connectivity index (χ0v) is 21.4. The fourth-order valence-electron chi connectivity index (χ4n) is 5.58. The number of nitrogens with zero attached hydrogens (tertiary/aromatic N) is 1. The summed E-state index contributed by atoms with van der Waals surface area (Å²) >= 11 is 0. The Hall–Kier alpha value is -3.14. The van der Waals surface area contributed by atoms with Gasteiger partial charge in [0.25, 0.3) is 11.8 Å². The summed E-state index contributed by atoms with van der Waals surface area (Å²) in [7, 11) is 1.64. The molecule has 3 aliphatic heterocycles. The van der Waals surface area contributed by atoms with Gasteiger partial charge in [-0.15, -0.1) is 0 Å². The number of hydrogen-bond donors (Lipinski definition) is 3. The first-order chi connectivity index (χ1) is 18.0. The minimum Gasteiger partial charge on any atom is -0.497 e. The third kappa shape index (κ3) is 5.30. The van der Waals surface area contributed by atoms with Crippen molar-refractivity contribution in [1.29, 1.82) is 0 Å². The van der Waals surface area contributed by atoms with Crippen molar-refractivity contribution in [2.45, 2.75) is 57.0 Å². The van der Waals surface area contributed by atoms with Crippen LogP contribution in [-0.2, 0) is 17.7 Å². The van der Waals surface area contributed by atoms with Crippen LogP contribution in [0.25, 0.3) is 0 Å². The topological polar surface area (TPSA) is 109 Å². The number of nitrogens with one attached hydrogen (secondary N) is 2. The van der Waals surface area contributed by atoms with Gasteiger partial charge in [0.05, 0.1) is 50.7 Å². The molecule has 198 valence electrons. The van der Waals surface area contributed by atoms with Crippen molar-refractivity contribution in [3.8, 4) is 11.5 Å². The van der Waals surface area contributed by atoms with Crippen molar-refractivity contribution in [2.75, 3.05) is 33.5 Å². The van der Waals surface area contributed by atoms with Crippen molar-refractivity contribution >= 4 is 11.8 Å². The molecule has 2 aromatic rings. The number of aliphatic hydroxyl groups is 1. The quantitative estimate of drug-likeness (QED) is 0.499. The lowest BCUT2D eigenvalue weighted by atomic mass is 9.92. The Morgan fingerprint density at radius 2 is 1.95 bits per heavy atom. The van der Waals surface area contributed by atoms with E-state index in [-0.39, 0.29) is 36.5 Å². The molecule has 5 rings (SSSR count). The molecule has 37 heavy (non-hydrogen) atoms. The van der Waals surface area contributed by atoms with E-state index in [1.54, 1.807) is 25.3 Å². The fraction of sp³-hybridized carbons (Fsp3) is 0.500. The number of ether oxygens (including phenoxy) is 3. The molecule has 9 nitrogen and oxygen atoms in total. The molecule has 0 spiro atoms. The Morgan fingerprint density at radius 1 is 1.16 bits per heavy atom. The summed E-state index contributed by atoms with van der Waals surface area (Å²) in [4.78, 5) is 28.3. The maximum absolute atomic E-state index is 13.3. The van der Waals surface area contributed by atoms with Crippen LogP contribution in [0, 0.1) is 0 Å². The number of aliphatic hydroxyl groups excluding tert-OH is 1. The van der Waals surface area contributed by atoms with Gasteiger partial charge >= 0.3 is 0 Å². The fourth-order valence-corrected chi connectivity index (χ4v) is 5.58. The number of amides is 2. The average molecular weight is 510 g/mol. The first kappa shape index (κ1) is 25.5. The van der Waals surface area contributed by atoms with Gasteiger partial charge < -0.3 is 34.9 Å². The van der Waals surface area contributed by atoms with E-state index in [4.69, 9.17) is 14.2 Å². The molecule has 4 atom stereocenters. The summed E-state index contributed by atoms with van der Waals surface area (Å²) in [5.41, 5.74) is 3.14. The van der Waals surface area contributed by atoms with Crippen molar-refractivity contribution in [3.63, 3.8) is 0 Å². The summed E-state index contributed by atoms with van der Waals surface area (Å²) in [6.45, 7) is 4.05. The summed E-state index contributed by atoms with van der Waals surface area (Å²) in [5.74, 6) is 0.760. The van der Waals surface area contributed by atoms with Crippen molar-refractivity contribution in [2.24, 2.45) is 0 Å². The molecule has 0 aromatic heterocycles. The first-order valence-corrected chi connectivity index (χ1v) is 13.0. The molecule has 0 aliphatic carbocycles. The molecular formula is C28H35N3O6. The van der Waals surface area contributed by atoms with Gasteiger partial charge in [0.1, 0.15) is 11.5 Å². The van der Waals surface area contributed by atoms with Gasteiger partial charge in [-0.2, -0.15) is 0 Å². The predicted molar refractivity (Wildman–Crippen MR) is 137 cm³/mol. The normalized spacial score (nSPS) is 23.2. The van der Waals surface area contributed by atoms with Gasteiger partial charge in [-0.1, -0.05) is 6.07 Å². The molecule has 2 fully saturated rings. The highest BCUT2D eigenvalue weighted by molar-refractivity contribution is 6.00. The van der Waals surface area contributed by atoms with E-state index in [0.29, 0.717) is 49.7 Å². The molecule has 4 unspecified atom stereocenters. The minimum absolute atomic E-state index is 0.0552. The molecule has 0 saturated carbocycles. The Bertz CT molecular complexity index is 1140. The van der Waals surface area contributed by atoms with Crippen molar-refractivity contribution < 1.29 is 28.9 Å². The van der Waals surface area contributed by atoms with Crippen LogP contribution in [0.15, 0.2) is 36.4 Å². The number of carbonyl (C=O) groups excluding carboxylic acids is 2. The van der Waals surface area contributed by atoms with Gasteiger partial charge in [-0.3, -0.25) is 9.59 Å². The van der Waals surface area contributed by atoms with Crippen LogP contribution in [0.2, 0.25) is 0 Å². The van der Waals surface area contributed by atoms with Crippen molar-refractivity contribution in [3.05, 3.63) is 58.7 Å². The summed E-state index contributed by atoms with van der Waals surface area (Å²) < 4.78 is 16.6. The van der Waals surface area contributed by atoms with E-state index in [9.17, 15) is 14.7 Å². The molecular weight excluding hydrogens is 474 g/mol. The van der Waals surface area contributed by atoms with E-state index in [1.807, 2.05) is 30.0 Å². The third-order valence-corrected chi connectivity index (χ3v) is 7.59. The maximum Gasteiger partial charge on any atom is 0.255 e. The van der Waals surface area contributed by atoms with Crippen LogP contribution in [-0.4, -0.2) is 79.5 Å². The Labute approximate surface area is 217 Å². The molecule has 2 aromatic carbocycles. The van der Waals surface area contributed by atoms with Crippen LogP contribution >= 0.6 is 0 Å². The SMILES string of the molecule is CCOc1cc(C(=O)N2C3CCC2COC3)ccc1C(=O)NCC(O)C1Cc2ccc(OC)cc2CN1. The second-order valence-corrected chi connectivity index (χ2v) is 9.88. The average Bonchev–Trinajstić information content (AvgIpc) is 3.18. The van der Waals surface area contributed by atoms with Crippen LogP contribution < -0.4 is 20.1 Å². The molecule has 2 bridgehead atoms. The molecule has 3 N–H and O–H groups in total. The van der Waals surface area contributed by atoms with E-state index in [0.717, 1.165) is 29.7 Å². The van der Waals surface area contributed by atoms with Crippen LogP contribution in [0.3, 0.4) is 0 Å². The lowest BCUT2D eigenvalue weighted by molar-refractivity contribution is -0.00717. The number of morpholine rings is 1. The Kier molecular flexibility index (Phi) is 7.64. The predicted octanol–water partition coefficient (Wildman–Crippen LogP) is 1.90. The smallest absolute Gasteiger partial charge is 0.255 e. The monoisotopic (exact) mass is 509 g/mol. The lowest BCUT2D eigenvalue weighted by Crippen LogP contribution is -2.49. The summed E-state index contributed by atoms with van der Waals surface area (Å²) in [6, 6.07) is 10.9. The van der Waals surface area contributed by atoms with E-state index < -0.39 is 6.10 Å². The van der Waals surface area contributed by atoms with Gasteiger partial charge in [-0.25, -0.2) is 0 Å². The second-order valence-electron chi connectivity index (χ2n) is 9.88. The van der Waals surface area contributed by atoms with Crippen LogP contribution in [0.5, 0.6) is 11.5 Å². The number of benzene rings is 2. The molecule has 0 radical (unpaired) electrons. The third-order valence-electron chi connectivity index (χ3n) is 7.59. The van der Waals surface area contributed by atoms with Crippen LogP contribution in [0.1, 0.15) is 51.6 Å². The molecule has 9 heteroatoms. The standard InChI is InChI=1S/C28H35N3O6/c1-3-37-26-12-18(28(34)31-20-6-7-21(31)16-36-15-20)5-9-23(26)27(33)30-14-25(32)24-11-17-4-8-22(35-2)10-19(17)13-29-24/h4-5,8-10,12,20-21,24-25,29,32H,3,6-7,11,13-16H2,1-2H3,(H,30,33). The zero-order valence-electron chi connectivity index (χ0n) is 21.4. The Morgan fingerprint density at radius 3 is 2.68 bits per heavy atom. The zero-order chi connectivity index (χ0) is 25.9. The van der Waals surface area contributed by atoms with Gasteiger partial charge in [-0.05, 0) is 67.6 Å². The van der Waals surface area contributed by atoms with Crippen LogP contribution in [0.4, 0.5) is 0 Å².